The van der Waals surface area contributed by atoms with E-state index in [0.717, 1.165) is 17.8 Å². The summed E-state index contributed by atoms with van der Waals surface area (Å²) in [4.78, 5) is 4.71. The fraction of sp³-hybridized carbons (Fsp3) is 0.500. The summed E-state index contributed by atoms with van der Waals surface area (Å²) in [6.07, 6.45) is 4.99. The van der Waals surface area contributed by atoms with E-state index in [1.807, 2.05) is 0 Å². The van der Waals surface area contributed by atoms with Crippen molar-refractivity contribution in [3.05, 3.63) is 27.6 Å². The molecule has 0 bridgehead atoms. The summed E-state index contributed by atoms with van der Waals surface area (Å²) in [6, 6.07) is 6.49. The second kappa shape index (κ2) is 4.67. The number of rotatable bonds is 3. The molecule has 3 rings (SSSR count). The third-order valence-electron chi connectivity index (χ3n) is 4.22. The maximum Gasteiger partial charge on any atom is 0.125 e. The molecule has 0 amide bonds. The van der Waals surface area contributed by atoms with Gasteiger partial charge >= 0.3 is 0 Å². The van der Waals surface area contributed by atoms with Crippen LogP contribution in [0.15, 0.2) is 18.2 Å². The first-order chi connectivity index (χ1) is 8.70. The van der Waals surface area contributed by atoms with Crippen LogP contribution in [0.4, 0.5) is 0 Å². The fourth-order valence-electron chi connectivity index (χ4n) is 3.04. The van der Waals surface area contributed by atoms with Gasteiger partial charge in [0.1, 0.15) is 5.82 Å². The van der Waals surface area contributed by atoms with Gasteiger partial charge in [0, 0.05) is 9.11 Å². The number of fused-ring (bicyclic) bond motifs is 1. The van der Waals surface area contributed by atoms with Crippen molar-refractivity contribution in [2.75, 3.05) is 0 Å². The second-order valence-electron chi connectivity index (χ2n) is 5.06. The topological polar surface area (TPSA) is 17.8 Å². The summed E-state index contributed by atoms with van der Waals surface area (Å²) in [7, 11) is 0. The summed E-state index contributed by atoms with van der Waals surface area (Å²) in [5.41, 5.74) is 2.59. The van der Waals surface area contributed by atoms with Crippen LogP contribution in [0.1, 0.15) is 38.4 Å². The normalized spacial score (nSPS) is 17.9. The van der Waals surface area contributed by atoms with Crippen LogP contribution >= 0.6 is 34.2 Å². The van der Waals surface area contributed by atoms with Gasteiger partial charge in [-0.05, 0) is 66.5 Å². The molecular formula is C14H16ClIN2. The van der Waals surface area contributed by atoms with Gasteiger partial charge in [-0.15, -0.1) is 11.6 Å². The molecular weight excluding hydrogens is 359 g/mol. The quantitative estimate of drug-likeness (QED) is 0.564. The zero-order chi connectivity index (χ0) is 12.8. The lowest BCUT2D eigenvalue weighted by atomic mass is 9.74. The van der Waals surface area contributed by atoms with Crippen LogP contribution in [0.3, 0.4) is 0 Å². The molecule has 2 aromatic rings. The van der Waals surface area contributed by atoms with Gasteiger partial charge in [-0.25, -0.2) is 4.98 Å². The number of imidazole rings is 1. The Morgan fingerprint density at radius 3 is 2.78 bits per heavy atom. The Bertz CT molecular complexity index is 581. The van der Waals surface area contributed by atoms with Gasteiger partial charge in [0.2, 0.25) is 0 Å². The lowest BCUT2D eigenvalue weighted by molar-refractivity contribution is 0.138. The minimum Gasteiger partial charge on any atom is -0.321 e. The first-order valence-electron chi connectivity index (χ1n) is 6.43. The molecule has 2 nitrogen and oxygen atoms in total. The third-order valence-corrected chi connectivity index (χ3v) is 5.13. The molecule has 1 heterocycles. The Morgan fingerprint density at radius 2 is 2.22 bits per heavy atom. The summed E-state index contributed by atoms with van der Waals surface area (Å²) >= 11 is 8.43. The number of alkyl halides is 1. The second-order valence-corrected chi connectivity index (χ2v) is 6.57. The molecule has 4 heteroatoms. The Kier molecular flexibility index (Phi) is 3.30. The van der Waals surface area contributed by atoms with Crippen molar-refractivity contribution in [2.45, 2.75) is 44.0 Å². The molecule has 18 heavy (non-hydrogen) atoms. The summed E-state index contributed by atoms with van der Waals surface area (Å²) in [5, 5.41) is 0. The maximum absolute atomic E-state index is 6.10. The van der Waals surface area contributed by atoms with Crippen LogP contribution in [0.2, 0.25) is 0 Å². The van der Waals surface area contributed by atoms with Crippen molar-refractivity contribution in [3.8, 4) is 0 Å². The van der Waals surface area contributed by atoms with E-state index in [0.29, 0.717) is 5.88 Å². The first-order valence-corrected chi connectivity index (χ1v) is 8.05. The molecule has 0 unspecified atom stereocenters. The van der Waals surface area contributed by atoms with Crippen molar-refractivity contribution in [3.63, 3.8) is 0 Å². The highest BCUT2D eigenvalue weighted by molar-refractivity contribution is 14.1. The zero-order valence-corrected chi connectivity index (χ0v) is 13.3. The molecule has 0 radical (unpaired) electrons. The van der Waals surface area contributed by atoms with E-state index >= 15 is 0 Å². The van der Waals surface area contributed by atoms with E-state index in [-0.39, 0.29) is 5.54 Å². The van der Waals surface area contributed by atoms with Gasteiger partial charge in [0.15, 0.2) is 0 Å². The van der Waals surface area contributed by atoms with E-state index in [1.54, 1.807) is 0 Å². The molecule has 1 saturated carbocycles. The van der Waals surface area contributed by atoms with Crippen LogP contribution in [-0.2, 0) is 11.4 Å². The van der Waals surface area contributed by atoms with Crippen LogP contribution in [-0.4, -0.2) is 9.55 Å². The number of hydrogen-bond donors (Lipinski definition) is 0. The number of nitrogens with zero attached hydrogens (tertiary/aromatic N) is 2. The number of hydrogen-bond acceptors (Lipinski definition) is 1. The largest absolute Gasteiger partial charge is 0.321 e. The van der Waals surface area contributed by atoms with E-state index in [4.69, 9.17) is 16.6 Å². The summed E-state index contributed by atoms with van der Waals surface area (Å²) < 4.78 is 3.64. The number of halogens is 2. The van der Waals surface area contributed by atoms with Crippen molar-refractivity contribution >= 4 is 45.2 Å². The molecule has 1 aliphatic rings. The molecule has 0 N–H and O–H groups in total. The van der Waals surface area contributed by atoms with E-state index < -0.39 is 0 Å². The summed E-state index contributed by atoms with van der Waals surface area (Å²) in [5.74, 6) is 1.52. The van der Waals surface area contributed by atoms with Crippen molar-refractivity contribution in [2.24, 2.45) is 0 Å². The average Bonchev–Trinajstić information content (AvgIpc) is 2.67. The van der Waals surface area contributed by atoms with Gasteiger partial charge in [0.25, 0.3) is 0 Å². The molecule has 1 aliphatic carbocycles. The van der Waals surface area contributed by atoms with Gasteiger partial charge < -0.3 is 4.57 Å². The predicted molar refractivity (Wildman–Crippen MR) is 84.1 cm³/mol. The van der Waals surface area contributed by atoms with Gasteiger partial charge in [-0.1, -0.05) is 6.92 Å². The van der Waals surface area contributed by atoms with Crippen molar-refractivity contribution < 1.29 is 0 Å². The molecule has 1 aromatic heterocycles. The molecule has 1 fully saturated rings. The lowest BCUT2D eigenvalue weighted by Gasteiger charge is -2.44. The van der Waals surface area contributed by atoms with Crippen LogP contribution in [0, 0.1) is 3.57 Å². The smallest absolute Gasteiger partial charge is 0.125 e. The van der Waals surface area contributed by atoms with E-state index in [9.17, 15) is 0 Å². The van der Waals surface area contributed by atoms with Gasteiger partial charge in [0.05, 0.1) is 16.9 Å². The highest BCUT2D eigenvalue weighted by Crippen LogP contribution is 2.44. The highest BCUT2D eigenvalue weighted by atomic mass is 127. The number of aromatic nitrogens is 2. The first kappa shape index (κ1) is 12.7. The van der Waals surface area contributed by atoms with Crippen LogP contribution in [0.25, 0.3) is 11.0 Å². The monoisotopic (exact) mass is 374 g/mol. The third kappa shape index (κ3) is 1.78. The molecule has 0 saturated heterocycles. The van der Waals surface area contributed by atoms with Crippen LogP contribution in [0.5, 0.6) is 0 Å². The van der Waals surface area contributed by atoms with Crippen LogP contribution < -0.4 is 0 Å². The zero-order valence-electron chi connectivity index (χ0n) is 10.4. The summed E-state index contributed by atoms with van der Waals surface area (Å²) in [6.45, 7) is 2.27. The lowest BCUT2D eigenvalue weighted by Crippen LogP contribution is -2.40. The Hall–Kier alpha value is -0.290. The highest BCUT2D eigenvalue weighted by Gasteiger charge is 2.39. The van der Waals surface area contributed by atoms with E-state index in [2.05, 4.69) is 52.3 Å². The van der Waals surface area contributed by atoms with Crippen molar-refractivity contribution in [1.29, 1.82) is 0 Å². The van der Waals surface area contributed by atoms with E-state index in [1.165, 1.54) is 28.3 Å². The Balaban J connectivity index is 2.25. The van der Waals surface area contributed by atoms with Gasteiger partial charge in [-0.2, -0.15) is 0 Å². The number of benzene rings is 1. The maximum atomic E-state index is 6.10. The molecule has 0 spiro atoms. The molecule has 96 valence electrons. The SMILES string of the molecule is CCC1(n2c(CCl)nc3cc(I)ccc32)CCC1. The predicted octanol–water partition coefficient (Wildman–Crippen LogP) is 4.67. The fourth-order valence-corrected chi connectivity index (χ4v) is 3.70. The minimum absolute atomic E-state index is 0.270. The molecule has 1 aromatic carbocycles. The van der Waals surface area contributed by atoms with Gasteiger partial charge in [-0.3, -0.25) is 0 Å². The molecule has 0 atom stereocenters. The van der Waals surface area contributed by atoms with Crippen molar-refractivity contribution in [1.82, 2.24) is 9.55 Å². The average molecular weight is 375 g/mol. The minimum atomic E-state index is 0.270. The standard InChI is InChI=1S/C14H16ClIN2/c1-2-14(6-3-7-14)18-12-5-4-10(16)8-11(12)17-13(18)9-15/h4-5,8H,2-3,6-7,9H2,1H3. The Labute approximate surface area is 126 Å². The molecule has 0 aliphatic heterocycles. The Morgan fingerprint density at radius 1 is 1.44 bits per heavy atom.